The fourth-order valence-corrected chi connectivity index (χ4v) is 4.81. The molecule has 2 aromatic rings. The minimum atomic E-state index is -3.55. The van der Waals surface area contributed by atoms with E-state index in [1.54, 1.807) is 19.2 Å². The van der Waals surface area contributed by atoms with Crippen molar-refractivity contribution in [2.24, 2.45) is 0 Å². The number of rotatable bonds is 12. The van der Waals surface area contributed by atoms with Gasteiger partial charge < -0.3 is 10.1 Å². The minimum Gasteiger partial charge on any atom is -0.497 e. The van der Waals surface area contributed by atoms with Crippen molar-refractivity contribution >= 4 is 15.9 Å². The van der Waals surface area contributed by atoms with Crippen LogP contribution in [0.15, 0.2) is 53.4 Å². The van der Waals surface area contributed by atoms with Gasteiger partial charge >= 0.3 is 0 Å². The molecule has 0 bridgehead atoms. The van der Waals surface area contributed by atoms with Crippen LogP contribution < -0.4 is 20.1 Å². The Morgan fingerprint density at radius 1 is 1.16 bits per heavy atom. The third-order valence-electron chi connectivity index (χ3n) is 5.65. The lowest BCUT2D eigenvalue weighted by Crippen LogP contribution is -2.47. The van der Waals surface area contributed by atoms with Crippen LogP contribution in [0.25, 0.3) is 0 Å². The number of benzene rings is 2. The van der Waals surface area contributed by atoms with Gasteiger partial charge in [-0.15, -0.1) is 0 Å². The molecule has 0 spiro atoms. The minimum absolute atomic E-state index is 0.0227. The molecular formula is C24H33N3O4S. The average molecular weight is 460 g/mol. The second kappa shape index (κ2) is 11.4. The first kappa shape index (κ1) is 24.2. The molecule has 0 heterocycles. The quantitative estimate of drug-likeness (QED) is 0.335. The van der Waals surface area contributed by atoms with Gasteiger partial charge in [0.15, 0.2) is 0 Å². The number of unbranched alkanes of at least 4 members (excludes halogenated alkanes) is 1. The number of sulfonamides is 1. The summed E-state index contributed by atoms with van der Waals surface area (Å²) in [6.07, 6.45) is 5.20. The number of amides is 1. The maximum absolute atomic E-state index is 12.9. The van der Waals surface area contributed by atoms with Gasteiger partial charge in [-0.2, -0.15) is 0 Å². The largest absolute Gasteiger partial charge is 0.497 e. The van der Waals surface area contributed by atoms with Crippen LogP contribution in [0.1, 0.15) is 54.9 Å². The number of hydrogen-bond donors (Lipinski definition) is 3. The van der Waals surface area contributed by atoms with E-state index in [-0.39, 0.29) is 23.0 Å². The molecule has 1 aliphatic rings. The number of methoxy groups -OCH3 is 1. The van der Waals surface area contributed by atoms with Gasteiger partial charge in [0, 0.05) is 18.0 Å². The zero-order chi connectivity index (χ0) is 23.0. The molecular weight excluding hydrogens is 426 g/mol. The molecule has 1 aliphatic carbocycles. The molecule has 0 saturated heterocycles. The van der Waals surface area contributed by atoms with E-state index in [0.717, 1.165) is 50.0 Å². The van der Waals surface area contributed by atoms with E-state index in [1.807, 2.05) is 24.3 Å². The van der Waals surface area contributed by atoms with Crippen LogP contribution in [0.3, 0.4) is 0 Å². The second-order valence-electron chi connectivity index (χ2n) is 8.16. The highest BCUT2D eigenvalue weighted by Crippen LogP contribution is 2.21. The van der Waals surface area contributed by atoms with Gasteiger partial charge in [0.1, 0.15) is 5.75 Å². The van der Waals surface area contributed by atoms with Gasteiger partial charge in [0.25, 0.3) is 5.91 Å². The lowest BCUT2D eigenvalue weighted by atomic mass is 9.94. The maximum Gasteiger partial charge on any atom is 0.252 e. The molecule has 8 heteroatoms. The molecule has 1 atom stereocenters. The number of nitrogens with one attached hydrogen (secondary N) is 3. The van der Waals surface area contributed by atoms with Gasteiger partial charge in [-0.05, 0) is 67.8 Å². The van der Waals surface area contributed by atoms with Crippen molar-refractivity contribution in [3.05, 3.63) is 59.7 Å². The standard InChI is InChI=1S/C24H33N3O4S/c1-3-4-15-25-23(17-18-7-5-10-21(16-18)31-2)26-24(28)19-11-13-22(14-12-19)32(29,30)27-20-8-6-9-20/h5,7,10-14,16,20,23,25,27H,3-4,6,8-9,15,17H2,1-2H3,(H,26,28)/t23-/m1/s1. The summed E-state index contributed by atoms with van der Waals surface area (Å²) in [5.41, 5.74) is 1.46. The lowest BCUT2D eigenvalue weighted by Gasteiger charge is -2.26. The van der Waals surface area contributed by atoms with Crippen LogP contribution >= 0.6 is 0 Å². The van der Waals surface area contributed by atoms with Crippen LogP contribution in [0.4, 0.5) is 0 Å². The highest BCUT2D eigenvalue weighted by molar-refractivity contribution is 7.89. The summed E-state index contributed by atoms with van der Waals surface area (Å²) in [6, 6.07) is 13.9. The average Bonchev–Trinajstić information content (AvgIpc) is 2.76. The van der Waals surface area contributed by atoms with Gasteiger partial charge in [-0.3, -0.25) is 10.1 Å². The second-order valence-corrected chi connectivity index (χ2v) is 9.88. The van der Waals surface area contributed by atoms with Crippen molar-refractivity contribution in [3.8, 4) is 5.75 Å². The summed E-state index contributed by atoms with van der Waals surface area (Å²) < 4.78 is 32.9. The molecule has 2 aromatic carbocycles. The summed E-state index contributed by atoms with van der Waals surface area (Å²) in [5.74, 6) is 0.520. The summed E-state index contributed by atoms with van der Waals surface area (Å²) in [6.45, 7) is 2.90. The fourth-order valence-electron chi connectivity index (χ4n) is 3.50. The smallest absolute Gasteiger partial charge is 0.252 e. The first-order chi connectivity index (χ1) is 15.4. The first-order valence-electron chi connectivity index (χ1n) is 11.2. The molecule has 3 N–H and O–H groups in total. The Bertz CT molecular complexity index is 989. The fraction of sp³-hybridized carbons (Fsp3) is 0.458. The van der Waals surface area contributed by atoms with Gasteiger partial charge in [0.05, 0.1) is 18.2 Å². The van der Waals surface area contributed by atoms with E-state index in [2.05, 4.69) is 22.3 Å². The van der Waals surface area contributed by atoms with E-state index < -0.39 is 10.0 Å². The molecule has 1 fully saturated rings. The third kappa shape index (κ3) is 6.79. The Kier molecular flexibility index (Phi) is 8.67. The van der Waals surface area contributed by atoms with Crippen LogP contribution in [0.5, 0.6) is 5.75 Å². The zero-order valence-corrected chi connectivity index (χ0v) is 19.6. The Hall–Kier alpha value is -2.42. The van der Waals surface area contributed by atoms with Crippen molar-refractivity contribution in [3.63, 3.8) is 0 Å². The van der Waals surface area contributed by atoms with E-state index in [9.17, 15) is 13.2 Å². The zero-order valence-electron chi connectivity index (χ0n) is 18.8. The summed E-state index contributed by atoms with van der Waals surface area (Å²) in [5, 5.41) is 6.43. The molecule has 0 unspecified atom stereocenters. The molecule has 1 saturated carbocycles. The number of carbonyl (C=O) groups excluding carboxylic acids is 1. The molecule has 1 amide bonds. The van der Waals surface area contributed by atoms with Crippen molar-refractivity contribution < 1.29 is 17.9 Å². The first-order valence-corrected chi connectivity index (χ1v) is 12.7. The predicted molar refractivity (Wildman–Crippen MR) is 125 cm³/mol. The molecule has 32 heavy (non-hydrogen) atoms. The third-order valence-corrected chi connectivity index (χ3v) is 7.19. The number of hydrogen-bond acceptors (Lipinski definition) is 5. The lowest BCUT2D eigenvalue weighted by molar-refractivity contribution is 0.0929. The van der Waals surface area contributed by atoms with Crippen LogP contribution in [0, 0.1) is 0 Å². The highest BCUT2D eigenvalue weighted by Gasteiger charge is 2.25. The molecule has 0 aliphatic heterocycles. The van der Waals surface area contributed by atoms with Crippen LogP contribution in [0.2, 0.25) is 0 Å². The van der Waals surface area contributed by atoms with Crippen molar-refractivity contribution in [2.45, 2.75) is 62.6 Å². The molecule has 3 rings (SSSR count). The normalized spacial score (nSPS) is 15.1. The molecule has 0 aromatic heterocycles. The van der Waals surface area contributed by atoms with E-state index >= 15 is 0 Å². The van der Waals surface area contributed by atoms with E-state index in [4.69, 9.17) is 4.74 Å². The molecule has 0 radical (unpaired) electrons. The van der Waals surface area contributed by atoms with Crippen molar-refractivity contribution in [1.29, 1.82) is 0 Å². The van der Waals surface area contributed by atoms with Gasteiger partial charge in [-0.1, -0.05) is 31.9 Å². The highest BCUT2D eigenvalue weighted by atomic mass is 32.2. The Morgan fingerprint density at radius 3 is 2.53 bits per heavy atom. The molecule has 7 nitrogen and oxygen atoms in total. The number of carbonyl (C=O) groups is 1. The molecule has 174 valence electrons. The summed E-state index contributed by atoms with van der Waals surface area (Å²) in [7, 11) is -1.93. The Labute approximate surface area is 191 Å². The van der Waals surface area contributed by atoms with Gasteiger partial charge in [-0.25, -0.2) is 13.1 Å². The predicted octanol–water partition coefficient (Wildman–Crippen LogP) is 3.21. The SMILES string of the molecule is CCCCN[C@@H](Cc1cccc(OC)c1)NC(=O)c1ccc(S(=O)(=O)NC2CCC2)cc1. The Morgan fingerprint density at radius 2 is 1.91 bits per heavy atom. The van der Waals surface area contributed by atoms with Crippen LogP contribution in [-0.4, -0.2) is 40.2 Å². The topological polar surface area (TPSA) is 96.5 Å². The maximum atomic E-state index is 12.9. The van der Waals surface area contributed by atoms with E-state index in [0.29, 0.717) is 12.0 Å². The van der Waals surface area contributed by atoms with Crippen LogP contribution in [-0.2, 0) is 16.4 Å². The summed E-state index contributed by atoms with van der Waals surface area (Å²) >= 11 is 0. The summed E-state index contributed by atoms with van der Waals surface area (Å²) in [4.78, 5) is 13.0. The van der Waals surface area contributed by atoms with E-state index in [1.165, 1.54) is 12.1 Å². The number of ether oxygens (including phenoxy) is 1. The van der Waals surface area contributed by atoms with Crippen molar-refractivity contribution in [1.82, 2.24) is 15.4 Å². The van der Waals surface area contributed by atoms with Gasteiger partial charge in [0.2, 0.25) is 10.0 Å². The Balaban J connectivity index is 1.66. The van der Waals surface area contributed by atoms with Crippen molar-refractivity contribution in [2.75, 3.05) is 13.7 Å². The monoisotopic (exact) mass is 459 g/mol.